The molecule has 3 nitrogen and oxygen atoms in total. The predicted molar refractivity (Wildman–Crippen MR) is 65.3 cm³/mol. The van der Waals surface area contributed by atoms with Crippen LogP contribution in [0.5, 0.6) is 0 Å². The van der Waals surface area contributed by atoms with Gasteiger partial charge in [0, 0.05) is 5.54 Å². The molecule has 1 N–H and O–H groups in total. The number of nitrogens with zero attached hydrogens (tertiary/aromatic N) is 1. The number of urea groups is 1. The van der Waals surface area contributed by atoms with Crippen molar-refractivity contribution in [3.63, 3.8) is 0 Å². The molecule has 1 saturated heterocycles. The fourth-order valence-electron chi connectivity index (χ4n) is 3.21. The number of hydrogen-bond donors (Lipinski definition) is 1. The Hall–Kier alpha value is -0.730. The van der Waals surface area contributed by atoms with Crippen LogP contribution in [0.15, 0.2) is 0 Å². The van der Waals surface area contributed by atoms with E-state index in [4.69, 9.17) is 0 Å². The van der Waals surface area contributed by atoms with Gasteiger partial charge in [0.05, 0.1) is 12.1 Å². The zero-order valence-corrected chi connectivity index (χ0v) is 11.1. The zero-order valence-electron chi connectivity index (χ0n) is 11.1. The highest BCUT2D eigenvalue weighted by Crippen LogP contribution is 2.44. The van der Waals surface area contributed by atoms with E-state index in [0.717, 1.165) is 19.3 Å². The first kappa shape index (κ1) is 11.7. The molecule has 2 amide bonds. The third-order valence-electron chi connectivity index (χ3n) is 4.38. The summed E-state index contributed by atoms with van der Waals surface area (Å²) in [5.41, 5.74) is 0.342. The minimum absolute atomic E-state index is 0.0239. The standard InChI is InChI=1S/C13H24N2O/c1-6-13(4,5)15-10-8-12(2,3)7-9(10)14-11(15)16/h9-10H,6-8H2,1-5H3,(H,14,16). The number of amides is 2. The second-order valence-electron chi connectivity index (χ2n) is 6.73. The molecular formula is C13H24N2O. The van der Waals surface area contributed by atoms with Gasteiger partial charge in [-0.15, -0.1) is 0 Å². The van der Waals surface area contributed by atoms with Crippen molar-refractivity contribution in [3.8, 4) is 0 Å². The third kappa shape index (κ3) is 1.70. The van der Waals surface area contributed by atoms with E-state index >= 15 is 0 Å². The SMILES string of the molecule is CCC(C)(C)N1C(=O)NC2CC(C)(C)CC21. The van der Waals surface area contributed by atoms with Crippen molar-refractivity contribution in [3.05, 3.63) is 0 Å². The van der Waals surface area contributed by atoms with Crippen LogP contribution in [-0.2, 0) is 0 Å². The minimum atomic E-state index is -0.0239. The normalized spacial score (nSPS) is 32.8. The lowest BCUT2D eigenvalue weighted by molar-refractivity contribution is 0.116. The van der Waals surface area contributed by atoms with Crippen LogP contribution in [0.3, 0.4) is 0 Å². The van der Waals surface area contributed by atoms with Gasteiger partial charge in [0.25, 0.3) is 0 Å². The summed E-state index contributed by atoms with van der Waals surface area (Å²) in [5.74, 6) is 0. The van der Waals surface area contributed by atoms with Crippen molar-refractivity contribution < 1.29 is 4.79 Å². The second-order valence-corrected chi connectivity index (χ2v) is 6.73. The summed E-state index contributed by atoms with van der Waals surface area (Å²) >= 11 is 0. The summed E-state index contributed by atoms with van der Waals surface area (Å²) in [6.07, 6.45) is 3.24. The lowest BCUT2D eigenvalue weighted by atomic mass is 9.90. The molecule has 2 fully saturated rings. The fourth-order valence-corrected chi connectivity index (χ4v) is 3.21. The fraction of sp³-hybridized carbons (Fsp3) is 0.923. The smallest absolute Gasteiger partial charge is 0.318 e. The van der Waals surface area contributed by atoms with Crippen LogP contribution in [0.4, 0.5) is 4.79 Å². The van der Waals surface area contributed by atoms with Crippen molar-refractivity contribution in [1.29, 1.82) is 0 Å². The van der Waals surface area contributed by atoms with Gasteiger partial charge in [0.2, 0.25) is 0 Å². The van der Waals surface area contributed by atoms with Crippen LogP contribution < -0.4 is 5.32 Å². The predicted octanol–water partition coefficient (Wildman–Crippen LogP) is 2.76. The van der Waals surface area contributed by atoms with Crippen LogP contribution >= 0.6 is 0 Å². The molecule has 0 spiro atoms. The molecule has 1 saturated carbocycles. The Bertz CT molecular complexity index is 309. The molecule has 92 valence electrons. The van der Waals surface area contributed by atoms with E-state index in [0.29, 0.717) is 17.5 Å². The van der Waals surface area contributed by atoms with Gasteiger partial charge in [0.1, 0.15) is 0 Å². The topological polar surface area (TPSA) is 32.3 Å². The van der Waals surface area contributed by atoms with Gasteiger partial charge >= 0.3 is 6.03 Å². The molecule has 2 atom stereocenters. The van der Waals surface area contributed by atoms with Crippen molar-refractivity contribution in [2.45, 2.75) is 71.5 Å². The Morgan fingerprint density at radius 2 is 2.06 bits per heavy atom. The molecule has 1 aliphatic heterocycles. The van der Waals surface area contributed by atoms with E-state index in [1.54, 1.807) is 0 Å². The monoisotopic (exact) mass is 224 g/mol. The Kier molecular flexibility index (Phi) is 2.48. The lowest BCUT2D eigenvalue weighted by Gasteiger charge is -2.38. The summed E-state index contributed by atoms with van der Waals surface area (Å²) in [7, 11) is 0. The Labute approximate surface area is 98.6 Å². The Morgan fingerprint density at radius 1 is 1.44 bits per heavy atom. The van der Waals surface area contributed by atoms with Gasteiger partial charge in [-0.25, -0.2) is 4.79 Å². The molecule has 0 radical (unpaired) electrons. The average molecular weight is 224 g/mol. The Morgan fingerprint density at radius 3 is 2.62 bits per heavy atom. The van der Waals surface area contributed by atoms with E-state index < -0.39 is 0 Å². The van der Waals surface area contributed by atoms with Gasteiger partial charge in [0.15, 0.2) is 0 Å². The molecule has 1 aliphatic carbocycles. The maximum Gasteiger partial charge on any atom is 0.318 e. The number of fused-ring (bicyclic) bond motifs is 1. The number of rotatable bonds is 2. The first-order chi connectivity index (χ1) is 7.27. The highest BCUT2D eigenvalue weighted by atomic mass is 16.2. The molecule has 2 unspecified atom stereocenters. The van der Waals surface area contributed by atoms with Gasteiger partial charge in [-0.2, -0.15) is 0 Å². The van der Waals surface area contributed by atoms with Crippen molar-refractivity contribution in [2.24, 2.45) is 5.41 Å². The molecular weight excluding hydrogens is 200 g/mol. The van der Waals surface area contributed by atoms with E-state index in [1.807, 2.05) is 0 Å². The number of hydrogen-bond acceptors (Lipinski definition) is 1. The maximum absolute atomic E-state index is 12.0. The van der Waals surface area contributed by atoms with E-state index in [-0.39, 0.29) is 11.6 Å². The number of carbonyl (C=O) groups is 1. The lowest BCUT2D eigenvalue weighted by Crippen LogP contribution is -2.49. The summed E-state index contributed by atoms with van der Waals surface area (Å²) in [5, 5.41) is 3.15. The first-order valence-corrected chi connectivity index (χ1v) is 6.37. The maximum atomic E-state index is 12.0. The molecule has 0 aromatic rings. The molecule has 2 rings (SSSR count). The van der Waals surface area contributed by atoms with Gasteiger partial charge in [-0.1, -0.05) is 20.8 Å². The first-order valence-electron chi connectivity index (χ1n) is 6.37. The summed E-state index contributed by atoms with van der Waals surface area (Å²) < 4.78 is 0. The van der Waals surface area contributed by atoms with Crippen LogP contribution in [0.1, 0.15) is 53.9 Å². The zero-order chi connectivity index (χ0) is 12.1. The highest BCUT2D eigenvalue weighted by Gasteiger charge is 2.52. The average Bonchev–Trinajstić information content (AvgIpc) is 2.54. The van der Waals surface area contributed by atoms with Crippen molar-refractivity contribution in [1.82, 2.24) is 10.2 Å². The van der Waals surface area contributed by atoms with Gasteiger partial charge in [-0.3, -0.25) is 0 Å². The minimum Gasteiger partial charge on any atom is -0.333 e. The van der Waals surface area contributed by atoms with E-state index in [2.05, 4.69) is 44.8 Å². The molecule has 2 aliphatic rings. The van der Waals surface area contributed by atoms with Crippen LogP contribution in [0, 0.1) is 5.41 Å². The van der Waals surface area contributed by atoms with Crippen LogP contribution in [0.2, 0.25) is 0 Å². The third-order valence-corrected chi connectivity index (χ3v) is 4.38. The molecule has 1 heterocycles. The quantitative estimate of drug-likeness (QED) is 0.768. The van der Waals surface area contributed by atoms with E-state index in [9.17, 15) is 4.79 Å². The largest absolute Gasteiger partial charge is 0.333 e. The molecule has 16 heavy (non-hydrogen) atoms. The van der Waals surface area contributed by atoms with Gasteiger partial charge < -0.3 is 10.2 Å². The molecule has 0 aromatic carbocycles. The molecule has 0 aromatic heterocycles. The number of nitrogens with one attached hydrogen (secondary N) is 1. The molecule has 0 bridgehead atoms. The van der Waals surface area contributed by atoms with E-state index in [1.165, 1.54) is 0 Å². The molecule has 3 heteroatoms. The number of carbonyl (C=O) groups excluding carboxylic acids is 1. The van der Waals surface area contributed by atoms with Crippen molar-refractivity contribution >= 4 is 6.03 Å². The van der Waals surface area contributed by atoms with Gasteiger partial charge in [-0.05, 0) is 38.5 Å². The van der Waals surface area contributed by atoms with Crippen molar-refractivity contribution in [2.75, 3.05) is 0 Å². The summed E-state index contributed by atoms with van der Waals surface area (Å²) in [6, 6.07) is 0.906. The Balaban J connectivity index is 2.23. The van der Waals surface area contributed by atoms with Crippen LogP contribution in [0.25, 0.3) is 0 Å². The summed E-state index contributed by atoms with van der Waals surface area (Å²) in [6.45, 7) is 11.1. The second kappa shape index (κ2) is 3.38. The highest BCUT2D eigenvalue weighted by molar-refractivity contribution is 5.78. The summed E-state index contributed by atoms with van der Waals surface area (Å²) in [4.78, 5) is 14.1. The van der Waals surface area contributed by atoms with Crippen LogP contribution in [-0.4, -0.2) is 28.6 Å².